The number of thiophene rings is 2. The zero-order valence-corrected chi connectivity index (χ0v) is 32.8. The largest absolute Gasteiger partial charge is 0.309 e. The maximum atomic E-state index is 3.19. The fourth-order valence-electron chi connectivity index (χ4n) is 8.84. The van der Waals surface area contributed by atoms with E-state index in [2.05, 4.69) is 215 Å². The first kappa shape index (κ1) is 33.0. The Kier molecular flexibility index (Phi) is 7.53. The van der Waals surface area contributed by atoms with Crippen LogP contribution in [0.3, 0.4) is 0 Å². The highest BCUT2D eigenvalue weighted by Gasteiger charge is 2.21. The molecule has 270 valence electrons. The molecule has 0 aliphatic heterocycles. The summed E-state index contributed by atoms with van der Waals surface area (Å²) in [6.45, 7) is 0. The Morgan fingerprint density at radius 1 is 0.448 bits per heavy atom. The van der Waals surface area contributed by atoms with Gasteiger partial charge in [-0.3, -0.25) is 0 Å². The summed E-state index contributed by atoms with van der Waals surface area (Å²) in [7, 11) is 0. The molecule has 0 N–H and O–H groups in total. The minimum atomic E-state index is 1.10. The second-order valence-corrected chi connectivity index (χ2v) is 16.9. The van der Waals surface area contributed by atoms with Crippen LogP contribution in [0.5, 0.6) is 0 Å². The van der Waals surface area contributed by atoms with Crippen LogP contribution in [0.2, 0.25) is 0 Å². The lowest BCUT2D eigenvalue weighted by atomic mass is 9.99. The Balaban J connectivity index is 0.988. The smallest absolute Gasteiger partial charge is 0.0640 e. The molecule has 0 amide bonds. The van der Waals surface area contributed by atoms with Gasteiger partial charge in [0, 0.05) is 69.9 Å². The number of aromatic nitrogens is 1. The standard InChI is InChI=1S/C54H32N2S2/c1-2-12-38(13-3-1)56-47-19-7-4-14-42(47)43-33-28-37(34-49(43)56)35-24-29-39(30-25-35)55(48-20-10-18-45-44-15-5-8-21-50(44)58-54(45)48)40-31-26-36(27-32-40)41-17-11-23-52-53(41)46-16-6-9-22-51(46)57-52/h1-4,6-7,9-34H. The molecule has 11 aromatic rings. The van der Waals surface area contributed by atoms with E-state index in [-0.39, 0.29) is 0 Å². The van der Waals surface area contributed by atoms with Crippen molar-refractivity contribution in [1.29, 1.82) is 0 Å². The van der Waals surface area contributed by atoms with Gasteiger partial charge in [0.25, 0.3) is 0 Å². The topological polar surface area (TPSA) is 8.17 Å². The second-order valence-electron chi connectivity index (χ2n) is 14.7. The van der Waals surface area contributed by atoms with Crippen LogP contribution in [0.4, 0.5) is 17.1 Å². The Labute approximate surface area is 343 Å². The van der Waals surface area contributed by atoms with Crippen LogP contribution in [0.15, 0.2) is 193 Å². The summed E-state index contributed by atoms with van der Waals surface area (Å²) in [5.41, 5.74) is 19.3. The normalized spacial score (nSPS) is 12.1. The van der Waals surface area contributed by atoms with E-state index in [1.807, 2.05) is 22.7 Å². The molecule has 0 saturated carbocycles. The van der Waals surface area contributed by atoms with Crippen LogP contribution in [-0.2, 0) is 0 Å². The summed E-state index contributed by atoms with van der Waals surface area (Å²) in [6.07, 6.45) is 4.12. The number of fused-ring (bicyclic) bond motifs is 9. The van der Waals surface area contributed by atoms with Gasteiger partial charge in [0.15, 0.2) is 0 Å². The highest BCUT2D eigenvalue weighted by Crippen LogP contribution is 2.46. The molecule has 58 heavy (non-hydrogen) atoms. The highest BCUT2D eigenvalue weighted by molar-refractivity contribution is 7.26. The molecule has 8 aromatic carbocycles. The van der Waals surface area contributed by atoms with E-state index < -0.39 is 0 Å². The maximum Gasteiger partial charge on any atom is 0.0640 e. The molecule has 12 rings (SSSR count). The van der Waals surface area contributed by atoms with Gasteiger partial charge < -0.3 is 9.47 Å². The lowest BCUT2D eigenvalue weighted by molar-refractivity contribution is 1.18. The third-order valence-electron chi connectivity index (χ3n) is 11.5. The molecule has 1 aliphatic carbocycles. The fraction of sp³-hybridized carbons (Fsp3) is 0. The van der Waals surface area contributed by atoms with Crippen molar-refractivity contribution in [1.82, 2.24) is 4.57 Å². The molecule has 0 fully saturated rings. The number of rotatable bonds is 6. The minimum absolute atomic E-state index is 1.10. The van der Waals surface area contributed by atoms with Crippen LogP contribution in [0, 0.1) is 0 Å². The monoisotopic (exact) mass is 772 g/mol. The summed E-state index contributed by atoms with van der Waals surface area (Å²) < 4.78 is 6.26. The summed E-state index contributed by atoms with van der Waals surface area (Å²) in [5.74, 6) is 0. The van der Waals surface area contributed by atoms with Gasteiger partial charge in [0.2, 0.25) is 0 Å². The third kappa shape index (κ3) is 5.18. The fourth-order valence-corrected chi connectivity index (χ4v) is 11.1. The third-order valence-corrected chi connectivity index (χ3v) is 13.8. The molecule has 3 aromatic heterocycles. The van der Waals surface area contributed by atoms with Crippen molar-refractivity contribution >= 4 is 104 Å². The van der Waals surface area contributed by atoms with Gasteiger partial charge >= 0.3 is 0 Å². The van der Waals surface area contributed by atoms with Crippen LogP contribution >= 0.6 is 22.7 Å². The molecular weight excluding hydrogens is 741 g/mol. The van der Waals surface area contributed by atoms with Gasteiger partial charge in [-0.2, -0.15) is 0 Å². The number of anilines is 3. The first-order valence-corrected chi connectivity index (χ1v) is 21.1. The van der Waals surface area contributed by atoms with Crippen LogP contribution in [0.1, 0.15) is 10.4 Å². The average molecular weight is 773 g/mol. The molecule has 0 bridgehead atoms. The van der Waals surface area contributed by atoms with E-state index in [0.717, 1.165) is 22.7 Å². The highest BCUT2D eigenvalue weighted by atomic mass is 32.1. The average Bonchev–Trinajstić information content (AvgIpc) is 3.97. The van der Waals surface area contributed by atoms with Gasteiger partial charge in [0.05, 0.1) is 21.4 Å². The van der Waals surface area contributed by atoms with Crippen molar-refractivity contribution in [3.8, 4) is 27.9 Å². The molecule has 0 radical (unpaired) electrons. The Hall–Kier alpha value is -7.16. The lowest BCUT2D eigenvalue weighted by Gasteiger charge is -2.26. The van der Waals surface area contributed by atoms with Crippen LogP contribution < -0.4 is 4.90 Å². The molecule has 0 saturated heterocycles. The zero-order valence-electron chi connectivity index (χ0n) is 31.2. The number of para-hydroxylation sites is 2. The van der Waals surface area contributed by atoms with Gasteiger partial charge in [-0.1, -0.05) is 127 Å². The molecule has 4 heteroatoms. The molecule has 3 heterocycles. The van der Waals surface area contributed by atoms with Crippen LogP contribution in [-0.4, -0.2) is 4.57 Å². The first-order chi connectivity index (χ1) is 28.8. The van der Waals surface area contributed by atoms with Crippen LogP contribution in [0.25, 0.3) is 92.2 Å². The maximum absolute atomic E-state index is 3.19. The Morgan fingerprint density at radius 2 is 1.10 bits per heavy atom. The van der Waals surface area contributed by atoms with Crippen molar-refractivity contribution in [3.63, 3.8) is 0 Å². The van der Waals surface area contributed by atoms with E-state index in [4.69, 9.17) is 0 Å². The number of nitrogens with zero attached hydrogens (tertiary/aromatic N) is 2. The predicted molar refractivity (Wildman–Crippen MR) is 251 cm³/mol. The second kappa shape index (κ2) is 13.2. The number of hydrogen-bond donors (Lipinski definition) is 0. The van der Waals surface area contributed by atoms with E-state index in [1.165, 1.54) is 84.8 Å². The SMILES string of the molecule is C1=C=Cc2c(sc3c(N(c4ccc(-c5ccc6c7ccccc7n(-c7ccccc7)c6c5)cc4)c4ccc(-c5cccc6sc7ccccc7c56)cc4)cccc23)C=1. The minimum Gasteiger partial charge on any atom is -0.309 e. The Morgan fingerprint density at radius 3 is 1.95 bits per heavy atom. The Bertz CT molecular complexity index is 3510. The van der Waals surface area contributed by atoms with E-state index in [9.17, 15) is 0 Å². The molecule has 2 nitrogen and oxygen atoms in total. The number of hydrogen-bond acceptors (Lipinski definition) is 3. The van der Waals surface area contributed by atoms with E-state index in [1.54, 1.807) is 0 Å². The van der Waals surface area contributed by atoms with E-state index in [0.29, 0.717) is 0 Å². The molecular formula is C54H32N2S2. The predicted octanol–water partition coefficient (Wildman–Crippen LogP) is 16.0. The van der Waals surface area contributed by atoms with Gasteiger partial charge in [-0.05, 0) is 95.1 Å². The molecule has 0 unspecified atom stereocenters. The summed E-state index contributed by atoms with van der Waals surface area (Å²) in [5, 5.41) is 6.39. The lowest BCUT2D eigenvalue weighted by Crippen LogP contribution is -2.10. The number of benzene rings is 8. The summed E-state index contributed by atoms with van der Waals surface area (Å²) >= 11 is 3.68. The molecule has 1 aliphatic rings. The molecule has 0 spiro atoms. The zero-order chi connectivity index (χ0) is 38.2. The van der Waals surface area contributed by atoms with Gasteiger partial charge in [-0.15, -0.1) is 22.7 Å². The van der Waals surface area contributed by atoms with Gasteiger partial charge in [0.1, 0.15) is 0 Å². The first-order valence-electron chi connectivity index (χ1n) is 19.5. The van der Waals surface area contributed by atoms with Gasteiger partial charge in [-0.25, -0.2) is 0 Å². The van der Waals surface area contributed by atoms with Crippen molar-refractivity contribution in [2.24, 2.45) is 0 Å². The summed E-state index contributed by atoms with van der Waals surface area (Å²) in [6, 6.07) is 66.6. The quantitative estimate of drug-likeness (QED) is 0.153. The van der Waals surface area contributed by atoms with E-state index >= 15 is 0 Å². The van der Waals surface area contributed by atoms with Crippen molar-refractivity contribution < 1.29 is 0 Å². The van der Waals surface area contributed by atoms with Crippen molar-refractivity contribution in [2.75, 3.05) is 4.90 Å². The summed E-state index contributed by atoms with van der Waals surface area (Å²) in [4.78, 5) is 3.63. The van der Waals surface area contributed by atoms with Crippen molar-refractivity contribution in [3.05, 3.63) is 204 Å². The molecule has 0 atom stereocenters. The van der Waals surface area contributed by atoms with Crippen molar-refractivity contribution in [2.45, 2.75) is 0 Å².